The average molecular weight is 448 g/mol. The van der Waals surface area contributed by atoms with Crippen molar-refractivity contribution in [3.8, 4) is 0 Å². The van der Waals surface area contributed by atoms with Crippen molar-refractivity contribution >= 4 is 11.8 Å². The molecule has 2 aromatic carbocycles. The van der Waals surface area contributed by atoms with Crippen LogP contribution in [-0.4, -0.2) is 35.8 Å². The van der Waals surface area contributed by atoms with Gasteiger partial charge in [0.15, 0.2) is 0 Å². The maximum absolute atomic E-state index is 10.6. The summed E-state index contributed by atoms with van der Waals surface area (Å²) >= 11 is 0. The summed E-state index contributed by atoms with van der Waals surface area (Å²) in [5.41, 5.74) is 2.22. The van der Waals surface area contributed by atoms with Gasteiger partial charge in [0.1, 0.15) is 18.5 Å². The number of rotatable bonds is 6. The van der Waals surface area contributed by atoms with Crippen molar-refractivity contribution in [3.63, 3.8) is 0 Å². The Bertz CT molecular complexity index is 931. The van der Waals surface area contributed by atoms with E-state index in [1.165, 1.54) is 24.0 Å². The highest BCUT2D eigenvalue weighted by atomic mass is 19.4. The molecule has 5 nitrogen and oxygen atoms in total. The Hall–Kier alpha value is -2.87. The largest absolute Gasteiger partial charge is 0.490 e. The predicted molar refractivity (Wildman–Crippen MR) is 115 cm³/mol. The van der Waals surface area contributed by atoms with Crippen LogP contribution in [-0.2, 0) is 15.1 Å². The predicted octanol–water partition coefficient (Wildman–Crippen LogP) is 5.09. The Balaban J connectivity index is 0.000000360. The van der Waals surface area contributed by atoms with Crippen LogP contribution in [0, 0.1) is 5.92 Å². The van der Waals surface area contributed by atoms with Crippen molar-refractivity contribution in [3.05, 3.63) is 71.8 Å². The van der Waals surface area contributed by atoms with Gasteiger partial charge in [-0.15, -0.1) is 0 Å². The zero-order valence-corrected chi connectivity index (χ0v) is 18.0. The standard InChI is InChI=1S/C22H26N2O.C2HF3O2/c1-16(17-13-14-17)25-15-20-23-21(18-9-5-3-6-10-18)22(2,24-20)19-11-7-4-8-12-19;3-2(4,5)1(6)7/h3-12,16-17,21H,13-15H2,1-2H3,(H,23,24);(H,6,7)/t16?,21-,22+;/m1./s1. The van der Waals surface area contributed by atoms with Gasteiger partial charge in [0.2, 0.25) is 0 Å². The summed E-state index contributed by atoms with van der Waals surface area (Å²) in [5.74, 6) is -1.06. The summed E-state index contributed by atoms with van der Waals surface area (Å²) in [7, 11) is 0. The van der Waals surface area contributed by atoms with Crippen LogP contribution in [0.15, 0.2) is 65.7 Å². The van der Waals surface area contributed by atoms with Crippen molar-refractivity contribution in [2.24, 2.45) is 10.9 Å². The second-order valence-corrected chi connectivity index (χ2v) is 8.24. The van der Waals surface area contributed by atoms with Crippen molar-refractivity contribution < 1.29 is 27.8 Å². The van der Waals surface area contributed by atoms with E-state index in [1.54, 1.807) is 0 Å². The number of carboxylic acid groups (broad SMARTS) is 1. The SMILES string of the molecule is CC(OCC1=N[C@H](c2ccccc2)[C@](C)(c2ccccc2)N1)C1CC1.O=C(O)C(F)(F)F. The number of hydrogen-bond donors (Lipinski definition) is 2. The summed E-state index contributed by atoms with van der Waals surface area (Å²) in [6.07, 6.45) is -2.16. The monoisotopic (exact) mass is 448 g/mol. The molecule has 1 saturated carbocycles. The van der Waals surface area contributed by atoms with E-state index in [0.717, 1.165) is 11.8 Å². The third kappa shape index (κ3) is 5.88. The molecule has 0 radical (unpaired) electrons. The lowest BCUT2D eigenvalue weighted by molar-refractivity contribution is -0.192. The zero-order chi connectivity index (χ0) is 23.4. The van der Waals surface area contributed by atoms with Crippen molar-refractivity contribution in [2.45, 2.75) is 50.6 Å². The van der Waals surface area contributed by atoms with Crippen LogP contribution in [0.3, 0.4) is 0 Å². The van der Waals surface area contributed by atoms with Gasteiger partial charge in [-0.05, 0) is 43.7 Å². The third-order valence-corrected chi connectivity index (χ3v) is 5.74. The van der Waals surface area contributed by atoms with E-state index in [4.69, 9.17) is 19.6 Å². The zero-order valence-electron chi connectivity index (χ0n) is 18.0. The normalized spacial score (nSPS) is 23.4. The van der Waals surface area contributed by atoms with Crippen LogP contribution >= 0.6 is 0 Å². The van der Waals surface area contributed by atoms with E-state index in [2.05, 4.69) is 79.8 Å². The number of benzene rings is 2. The maximum atomic E-state index is 10.6. The first-order valence-corrected chi connectivity index (χ1v) is 10.5. The molecule has 4 rings (SSSR count). The first-order chi connectivity index (χ1) is 15.1. The molecule has 172 valence electrons. The number of halogens is 3. The van der Waals surface area contributed by atoms with Crippen LogP contribution < -0.4 is 5.32 Å². The Morgan fingerprint density at radius 3 is 2.19 bits per heavy atom. The molecule has 1 aliphatic heterocycles. The number of amidine groups is 1. The molecule has 0 bridgehead atoms. The molecule has 2 aromatic rings. The van der Waals surface area contributed by atoms with Gasteiger partial charge in [-0.2, -0.15) is 13.2 Å². The minimum atomic E-state index is -5.08. The number of nitrogens with zero attached hydrogens (tertiary/aromatic N) is 1. The molecule has 1 fully saturated rings. The lowest BCUT2D eigenvalue weighted by Gasteiger charge is -2.32. The smallest absolute Gasteiger partial charge is 0.475 e. The first kappa shape index (κ1) is 23.8. The number of nitrogens with one attached hydrogen (secondary N) is 1. The highest BCUT2D eigenvalue weighted by Gasteiger charge is 2.42. The molecule has 2 aliphatic rings. The Labute approximate surface area is 185 Å². The molecule has 1 unspecified atom stereocenters. The number of aliphatic imine (C=N–C) groups is 1. The Morgan fingerprint density at radius 2 is 1.69 bits per heavy atom. The van der Waals surface area contributed by atoms with Crippen LogP contribution in [0.4, 0.5) is 13.2 Å². The van der Waals surface area contributed by atoms with Gasteiger partial charge in [-0.1, -0.05) is 60.7 Å². The summed E-state index contributed by atoms with van der Waals surface area (Å²) < 4.78 is 37.8. The molecule has 0 spiro atoms. The minimum Gasteiger partial charge on any atom is -0.475 e. The quantitative estimate of drug-likeness (QED) is 0.646. The number of aliphatic carboxylic acids is 1. The van der Waals surface area contributed by atoms with Gasteiger partial charge >= 0.3 is 12.1 Å². The van der Waals surface area contributed by atoms with Gasteiger partial charge in [0, 0.05) is 0 Å². The van der Waals surface area contributed by atoms with Gasteiger partial charge in [0.05, 0.1) is 11.6 Å². The minimum absolute atomic E-state index is 0.0472. The van der Waals surface area contributed by atoms with Crippen molar-refractivity contribution in [1.29, 1.82) is 0 Å². The second kappa shape index (κ2) is 9.73. The lowest BCUT2D eigenvalue weighted by Crippen LogP contribution is -2.43. The molecule has 1 aliphatic carbocycles. The fourth-order valence-corrected chi connectivity index (χ4v) is 3.73. The van der Waals surface area contributed by atoms with E-state index < -0.39 is 12.1 Å². The van der Waals surface area contributed by atoms with E-state index >= 15 is 0 Å². The summed E-state index contributed by atoms with van der Waals surface area (Å²) in [6.45, 7) is 4.97. The molecule has 8 heteroatoms. The summed E-state index contributed by atoms with van der Waals surface area (Å²) in [5, 5.41) is 10.8. The molecule has 0 saturated heterocycles. The van der Waals surface area contributed by atoms with Gasteiger partial charge in [-0.25, -0.2) is 4.79 Å². The molecular weight excluding hydrogens is 421 g/mol. The van der Waals surface area contributed by atoms with Crippen LogP contribution in [0.1, 0.15) is 43.9 Å². The molecular formula is C24H27F3N2O3. The molecule has 32 heavy (non-hydrogen) atoms. The number of carbonyl (C=O) groups is 1. The molecule has 1 heterocycles. The van der Waals surface area contributed by atoms with E-state index in [0.29, 0.717) is 12.7 Å². The first-order valence-electron chi connectivity index (χ1n) is 10.5. The van der Waals surface area contributed by atoms with E-state index in [1.807, 2.05) is 0 Å². The second-order valence-electron chi connectivity index (χ2n) is 8.24. The highest BCUT2D eigenvalue weighted by molar-refractivity contribution is 5.87. The fourth-order valence-electron chi connectivity index (χ4n) is 3.73. The van der Waals surface area contributed by atoms with Gasteiger partial charge in [0.25, 0.3) is 0 Å². The number of ether oxygens (including phenoxy) is 1. The molecule has 0 aromatic heterocycles. The summed E-state index contributed by atoms with van der Waals surface area (Å²) in [6, 6.07) is 21.2. The van der Waals surface area contributed by atoms with Gasteiger partial charge < -0.3 is 15.2 Å². The lowest BCUT2D eigenvalue weighted by atomic mass is 9.82. The van der Waals surface area contributed by atoms with Gasteiger partial charge in [-0.3, -0.25) is 4.99 Å². The molecule has 3 atom stereocenters. The van der Waals surface area contributed by atoms with Crippen LogP contribution in [0.5, 0.6) is 0 Å². The number of alkyl halides is 3. The fraction of sp³-hybridized carbons (Fsp3) is 0.417. The van der Waals surface area contributed by atoms with E-state index in [-0.39, 0.29) is 11.6 Å². The van der Waals surface area contributed by atoms with Crippen LogP contribution in [0.2, 0.25) is 0 Å². The number of carboxylic acids is 1. The molecule has 0 amide bonds. The molecule has 2 N–H and O–H groups in total. The third-order valence-electron chi connectivity index (χ3n) is 5.74. The highest BCUT2D eigenvalue weighted by Crippen LogP contribution is 2.41. The summed E-state index contributed by atoms with van der Waals surface area (Å²) in [4.78, 5) is 13.9. The Morgan fingerprint density at radius 1 is 1.16 bits per heavy atom. The van der Waals surface area contributed by atoms with Crippen molar-refractivity contribution in [2.75, 3.05) is 6.61 Å². The van der Waals surface area contributed by atoms with E-state index in [9.17, 15) is 13.2 Å². The number of hydrogen-bond acceptors (Lipinski definition) is 4. The maximum Gasteiger partial charge on any atom is 0.490 e. The van der Waals surface area contributed by atoms with Crippen LogP contribution in [0.25, 0.3) is 0 Å². The van der Waals surface area contributed by atoms with Crippen molar-refractivity contribution in [1.82, 2.24) is 5.32 Å². The topological polar surface area (TPSA) is 70.9 Å². The average Bonchev–Trinajstić information content (AvgIpc) is 3.56. The Kier molecular flexibility index (Phi) is 7.23.